The maximum Gasteiger partial charge on any atom is 0.257 e. The Hall–Kier alpha value is -1.04. The van der Waals surface area contributed by atoms with Crippen LogP contribution in [-0.2, 0) is 0 Å². The number of halogens is 2. The van der Waals surface area contributed by atoms with Crippen molar-refractivity contribution < 1.29 is 4.79 Å². The minimum absolute atomic E-state index is 0.0940. The van der Waals surface area contributed by atoms with Gasteiger partial charge in [-0.25, -0.2) is 9.67 Å². The van der Waals surface area contributed by atoms with E-state index in [1.807, 2.05) is 19.9 Å². The number of thioether (sulfide) groups is 1. The van der Waals surface area contributed by atoms with E-state index in [9.17, 15) is 4.79 Å². The lowest BCUT2D eigenvalue weighted by Crippen LogP contribution is -2.16. The van der Waals surface area contributed by atoms with Crippen LogP contribution >= 0.6 is 35.0 Å². The molecular weight excluding hydrogens is 305 g/mol. The van der Waals surface area contributed by atoms with Crippen LogP contribution < -0.4 is 0 Å². The summed E-state index contributed by atoms with van der Waals surface area (Å²) in [5.74, 6) is 0.149. The Morgan fingerprint density at radius 1 is 1.32 bits per heavy atom. The van der Waals surface area contributed by atoms with Crippen molar-refractivity contribution in [3.8, 4) is 0 Å². The Kier molecular flexibility index (Phi) is 4.50. The van der Waals surface area contributed by atoms with Gasteiger partial charge in [0.1, 0.15) is 0 Å². The molecule has 0 saturated carbocycles. The highest BCUT2D eigenvalue weighted by atomic mass is 35.5. The molecule has 0 aliphatic rings. The van der Waals surface area contributed by atoms with E-state index < -0.39 is 0 Å². The van der Waals surface area contributed by atoms with Gasteiger partial charge in [-0.15, -0.1) is 0 Å². The minimum atomic E-state index is -0.0940. The second-order valence-corrected chi connectivity index (χ2v) is 5.77. The Bertz CT molecular complexity index is 627. The molecule has 0 saturated heterocycles. The molecule has 0 amide bonds. The van der Waals surface area contributed by atoms with Gasteiger partial charge in [0, 0.05) is 11.9 Å². The topological polar surface area (TPSA) is 47.8 Å². The summed E-state index contributed by atoms with van der Waals surface area (Å²) in [6, 6.07) is 3.50. The molecule has 0 bridgehead atoms. The second-order valence-electron chi connectivity index (χ2n) is 3.96. The fourth-order valence-electron chi connectivity index (χ4n) is 1.55. The largest absolute Gasteiger partial charge is 0.272 e. The lowest BCUT2D eigenvalue weighted by atomic mass is 10.4. The maximum absolute atomic E-state index is 12.0. The van der Waals surface area contributed by atoms with Crippen LogP contribution in [0, 0.1) is 13.8 Å². The number of hydrogen-bond acceptors (Lipinski definition) is 4. The normalized spacial score (nSPS) is 10.7. The summed E-state index contributed by atoms with van der Waals surface area (Å²) in [6.07, 6.45) is 1.47. The molecule has 0 aromatic carbocycles. The van der Waals surface area contributed by atoms with Gasteiger partial charge >= 0.3 is 0 Å². The van der Waals surface area contributed by atoms with Gasteiger partial charge in [0.15, 0.2) is 0 Å². The van der Waals surface area contributed by atoms with Gasteiger partial charge in [-0.2, -0.15) is 5.10 Å². The first kappa shape index (κ1) is 14.4. The molecule has 100 valence electrons. The number of hydrogen-bond donors (Lipinski definition) is 0. The predicted molar refractivity (Wildman–Crippen MR) is 77.3 cm³/mol. The highest BCUT2D eigenvalue weighted by Gasteiger charge is 2.11. The number of nitrogens with zero attached hydrogens (tertiary/aromatic N) is 3. The number of aromatic nitrogens is 3. The molecule has 0 atom stereocenters. The molecule has 2 heterocycles. The first-order valence-electron chi connectivity index (χ1n) is 5.47. The molecule has 4 nitrogen and oxygen atoms in total. The summed E-state index contributed by atoms with van der Waals surface area (Å²) < 4.78 is 1.40. The quantitative estimate of drug-likeness (QED) is 0.811. The third-order valence-corrected chi connectivity index (χ3v) is 3.99. The third-order valence-electron chi connectivity index (χ3n) is 2.37. The minimum Gasteiger partial charge on any atom is -0.272 e. The van der Waals surface area contributed by atoms with Crippen LogP contribution in [0.4, 0.5) is 0 Å². The Labute approximate surface area is 125 Å². The highest BCUT2D eigenvalue weighted by Crippen LogP contribution is 2.25. The SMILES string of the molecule is Cc1cc(C)n(C(=O)CSc2cc(Cl)c(Cl)cn2)n1. The zero-order chi connectivity index (χ0) is 14.0. The molecule has 0 unspecified atom stereocenters. The van der Waals surface area contributed by atoms with Crippen molar-refractivity contribution >= 4 is 40.9 Å². The van der Waals surface area contributed by atoms with Crippen molar-refractivity contribution in [1.82, 2.24) is 14.8 Å². The molecule has 0 radical (unpaired) electrons. The van der Waals surface area contributed by atoms with E-state index in [2.05, 4.69) is 10.1 Å². The summed E-state index contributed by atoms with van der Waals surface area (Å²) in [7, 11) is 0. The Balaban J connectivity index is 2.04. The maximum atomic E-state index is 12.0. The van der Waals surface area contributed by atoms with E-state index >= 15 is 0 Å². The van der Waals surface area contributed by atoms with E-state index in [-0.39, 0.29) is 11.7 Å². The molecular formula is C12H11Cl2N3OS. The number of aryl methyl sites for hydroxylation is 2. The fraction of sp³-hybridized carbons (Fsp3) is 0.250. The van der Waals surface area contributed by atoms with E-state index in [1.165, 1.54) is 22.6 Å². The van der Waals surface area contributed by atoms with Crippen LogP contribution in [0.25, 0.3) is 0 Å². The Morgan fingerprint density at radius 3 is 2.63 bits per heavy atom. The van der Waals surface area contributed by atoms with Gasteiger partial charge in [0.05, 0.1) is 26.5 Å². The second kappa shape index (κ2) is 5.94. The van der Waals surface area contributed by atoms with Crippen LogP contribution in [0.2, 0.25) is 10.0 Å². The van der Waals surface area contributed by atoms with Gasteiger partial charge in [0.25, 0.3) is 5.91 Å². The molecule has 7 heteroatoms. The summed E-state index contributed by atoms with van der Waals surface area (Å²) in [5, 5.41) is 5.62. The molecule has 0 aliphatic carbocycles. The number of pyridine rings is 1. The van der Waals surface area contributed by atoms with Gasteiger partial charge < -0.3 is 0 Å². The lowest BCUT2D eigenvalue weighted by molar-refractivity contribution is 0.0924. The van der Waals surface area contributed by atoms with Crippen molar-refractivity contribution in [2.24, 2.45) is 0 Å². The zero-order valence-electron chi connectivity index (χ0n) is 10.4. The monoisotopic (exact) mass is 315 g/mol. The van der Waals surface area contributed by atoms with Crippen LogP contribution in [0.3, 0.4) is 0 Å². The average molecular weight is 316 g/mol. The van der Waals surface area contributed by atoms with Gasteiger partial charge in [-0.05, 0) is 26.0 Å². The van der Waals surface area contributed by atoms with Crippen LogP contribution in [0.1, 0.15) is 16.2 Å². The first-order chi connectivity index (χ1) is 8.97. The van der Waals surface area contributed by atoms with E-state index in [4.69, 9.17) is 23.2 Å². The summed E-state index contributed by atoms with van der Waals surface area (Å²) in [5.41, 5.74) is 1.65. The highest BCUT2D eigenvalue weighted by molar-refractivity contribution is 7.99. The van der Waals surface area contributed by atoms with Crippen LogP contribution in [0.5, 0.6) is 0 Å². The lowest BCUT2D eigenvalue weighted by Gasteiger charge is -2.03. The zero-order valence-corrected chi connectivity index (χ0v) is 12.7. The van der Waals surface area contributed by atoms with Crippen molar-refractivity contribution in [2.75, 3.05) is 5.75 Å². The molecule has 2 aromatic rings. The van der Waals surface area contributed by atoms with Gasteiger partial charge in [0.2, 0.25) is 0 Å². The molecule has 19 heavy (non-hydrogen) atoms. The predicted octanol–water partition coefficient (Wildman–Crippen LogP) is 3.63. The first-order valence-corrected chi connectivity index (χ1v) is 7.22. The van der Waals surface area contributed by atoms with Crippen molar-refractivity contribution in [2.45, 2.75) is 18.9 Å². The summed E-state index contributed by atoms with van der Waals surface area (Å²) in [6.45, 7) is 3.70. The van der Waals surface area contributed by atoms with E-state index in [0.29, 0.717) is 15.1 Å². The van der Waals surface area contributed by atoms with Crippen molar-refractivity contribution in [3.63, 3.8) is 0 Å². The third kappa shape index (κ3) is 3.49. The standard InChI is InChI=1S/C12H11Cl2N3OS/c1-7-3-8(2)17(16-7)12(18)6-19-11-4-9(13)10(14)5-15-11/h3-5H,6H2,1-2H3. The molecule has 2 aromatic heterocycles. The molecule has 0 N–H and O–H groups in total. The van der Waals surface area contributed by atoms with Crippen LogP contribution in [0.15, 0.2) is 23.4 Å². The fourth-order valence-corrected chi connectivity index (χ4v) is 2.60. The summed E-state index contributed by atoms with van der Waals surface area (Å²) in [4.78, 5) is 16.1. The molecule has 0 fully saturated rings. The Morgan fingerprint density at radius 2 is 2.05 bits per heavy atom. The number of rotatable bonds is 3. The molecule has 0 aliphatic heterocycles. The average Bonchev–Trinajstić information content (AvgIpc) is 2.70. The van der Waals surface area contributed by atoms with Crippen molar-refractivity contribution in [1.29, 1.82) is 0 Å². The smallest absolute Gasteiger partial charge is 0.257 e. The summed E-state index contributed by atoms with van der Waals surface area (Å²) >= 11 is 13.0. The molecule has 0 spiro atoms. The number of carbonyl (C=O) groups is 1. The van der Waals surface area contributed by atoms with Gasteiger partial charge in [-0.1, -0.05) is 35.0 Å². The number of carbonyl (C=O) groups excluding carboxylic acids is 1. The van der Waals surface area contributed by atoms with Gasteiger partial charge in [-0.3, -0.25) is 4.79 Å². The van der Waals surface area contributed by atoms with E-state index in [1.54, 1.807) is 6.07 Å². The molecule has 2 rings (SSSR count). The van der Waals surface area contributed by atoms with Crippen molar-refractivity contribution in [3.05, 3.63) is 39.8 Å². The van der Waals surface area contributed by atoms with E-state index in [0.717, 1.165) is 11.4 Å². The van der Waals surface area contributed by atoms with Crippen LogP contribution in [-0.4, -0.2) is 26.4 Å².